The van der Waals surface area contributed by atoms with E-state index in [1.165, 1.54) is 6.08 Å². The zero-order chi connectivity index (χ0) is 12.9. The molecule has 0 saturated heterocycles. The van der Waals surface area contributed by atoms with E-state index >= 15 is 0 Å². The minimum absolute atomic E-state index is 0.252. The first kappa shape index (κ1) is 13.9. The highest BCUT2D eigenvalue weighted by atomic mass is 79.9. The van der Waals surface area contributed by atoms with Crippen molar-refractivity contribution in [2.24, 2.45) is 0 Å². The van der Waals surface area contributed by atoms with E-state index in [1.54, 1.807) is 24.3 Å². The monoisotopic (exact) mass is 312 g/mol. The lowest BCUT2D eigenvalue weighted by atomic mass is 10.0. The molecular weight excluding hydrogens is 300 g/mol. The Labute approximate surface area is 113 Å². The molecule has 17 heavy (non-hydrogen) atoms. The SMILES string of the molecule is CC[C@@](C)(C#N)NC(=O)/C=C/c1csc(Br)c1. The number of rotatable bonds is 4. The lowest BCUT2D eigenvalue weighted by Gasteiger charge is -2.19. The van der Waals surface area contributed by atoms with Gasteiger partial charge in [0.05, 0.1) is 9.86 Å². The van der Waals surface area contributed by atoms with Gasteiger partial charge in [-0.15, -0.1) is 11.3 Å². The summed E-state index contributed by atoms with van der Waals surface area (Å²) >= 11 is 4.91. The van der Waals surface area contributed by atoms with Crippen molar-refractivity contribution in [3.05, 3.63) is 26.9 Å². The van der Waals surface area contributed by atoms with E-state index in [1.807, 2.05) is 18.4 Å². The van der Waals surface area contributed by atoms with Crippen molar-refractivity contribution in [2.45, 2.75) is 25.8 Å². The van der Waals surface area contributed by atoms with Crippen LogP contribution in [0, 0.1) is 11.3 Å². The molecule has 0 radical (unpaired) electrons. The molecule has 1 rings (SSSR count). The second-order valence-corrected chi connectivity index (χ2v) is 6.09. The van der Waals surface area contributed by atoms with Crippen molar-refractivity contribution in [3.8, 4) is 6.07 Å². The number of halogens is 1. The molecular formula is C12H13BrN2OS. The molecule has 0 aliphatic heterocycles. The molecule has 1 amide bonds. The van der Waals surface area contributed by atoms with Gasteiger partial charge in [-0.25, -0.2) is 0 Å². The van der Waals surface area contributed by atoms with Gasteiger partial charge in [-0.05, 0) is 52.4 Å². The molecule has 0 bridgehead atoms. The van der Waals surface area contributed by atoms with Crippen LogP contribution in [0.5, 0.6) is 0 Å². The van der Waals surface area contributed by atoms with Crippen LogP contribution in [0.3, 0.4) is 0 Å². The van der Waals surface area contributed by atoms with Crippen LogP contribution in [-0.4, -0.2) is 11.4 Å². The van der Waals surface area contributed by atoms with Gasteiger partial charge in [-0.3, -0.25) is 4.79 Å². The molecule has 1 atom stereocenters. The maximum absolute atomic E-state index is 11.6. The molecule has 0 unspecified atom stereocenters. The number of hydrogen-bond donors (Lipinski definition) is 1. The molecule has 0 aromatic carbocycles. The first-order chi connectivity index (χ1) is 7.99. The zero-order valence-corrected chi connectivity index (χ0v) is 12.1. The Morgan fingerprint density at radius 3 is 2.94 bits per heavy atom. The lowest BCUT2D eigenvalue weighted by Crippen LogP contribution is -2.43. The minimum atomic E-state index is -0.795. The van der Waals surface area contributed by atoms with Crippen LogP contribution < -0.4 is 5.32 Å². The molecule has 1 heterocycles. The van der Waals surface area contributed by atoms with Crippen molar-refractivity contribution in [1.29, 1.82) is 5.26 Å². The molecule has 0 saturated carbocycles. The maximum atomic E-state index is 11.6. The van der Waals surface area contributed by atoms with Crippen molar-refractivity contribution in [2.75, 3.05) is 0 Å². The third kappa shape index (κ3) is 4.33. The van der Waals surface area contributed by atoms with E-state index in [4.69, 9.17) is 5.26 Å². The topological polar surface area (TPSA) is 52.9 Å². The molecule has 1 N–H and O–H groups in total. The third-order valence-electron chi connectivity index (χ3n) is 2.37. The highest BCUT2D eigenvalue weighted by Gasteiger charge is 2.22. The van der Waals surface area contributed by atoms with Gasteiger partial charge in [0, 0.05) is 6.08 Å². The molecule has 0 spiro atoms. The highest BCUT2D eigenvalue weighted by Crippen LogP contribution is 2.21. The van der Waals surface area contributed by atoms with Gasteiger partial charge >= 0.3 is 0 Å². The number of amides is 1. The Balaban J connectivity index is 2.62. The van der Waals surface area contributed by atoms with Crippen molar-refractivity contribution in [3.63, 3.8) is 0 Å². The van der Waals surface area contributed by atoms with E-state index in [0.717, 1.165) is 9.35 Å². The smallest absolute Gasteiger partial charge is 0.245 e. The summed E-state index contributed by atoms with van der Waals surface area (Å²) < 4.78 is 1.02. The summed E-state index contributed by atoms with van der Waals surface area (Å²) in [6, 6.07) is 4.02. The standard InChI is InChI=1S/C12H13BrN2OS/c1-3-12(2,8-14)15-11(16)5-4-9-6-10(13)17-7-9/h4-7H,3H2,1-2H3,(H,15,16)/b5-4+/t12-/m0/s1. The number of nitrogens with zero attached hydrogens (tertiary/aromatic N) is 1. The van der Waals surface area contributed by atoms with Gasteiger partial charge in [-0.2, -0.15) is 5.26 Å². The number of carbonyl (C=O) groups excluding carboxylic acids is 1. The van der Waals surface area contributed by atoms with Gasteiger partial charge < -0.3 is 5.32 Å². The Bertz CT molecular complexity index is 475. The Hall–Kier alpha value is -1.12. The average molecular weight is 313 g/mol. The summed E-state index contributed by atoms with van der Waals surface area (Å²) in [5.41, 5.74) is 0.170. The fraction of sp³-hybridized carbons (Fsp3) is 0.333. The predicted molar refractivity (Wildman–Crippen MR) is 73.5 cm³/mol. The number of nitrogens with one attached hydrogen (secondary N) is 1. The maximum Gasteiger partial charge on any atom is 0.245 e. The summed E-state index contributed by atoms with van der Waals surface area (Å²) in [6.07, 6.45) is 3.75. The van der Waals surface area contributed by atoms with Crippen LogP contribution in [-0.2, 0) is 4.79 Å². The van der Waals surface area contributed by atoms with E-state index in [-0.39, 0.29) is 5.91 Å². The molecule has 1 aromatic heterocycles. The van der Waals surface area contributed by atoms with E-state index in [9.17, 15) is 4.79 Å². The first-order valence-electron chi connectivity index (χ1n) is 5.14. The zero-order valence-electron chi connectivity index (χ0n) is 9.66. The molecule has 1 aromatic rings. The minimum Gasteiger partial charge on any atom is -0.334 e. The summed E-state index contributed by atoms with van der Waals surface area (Å²) in [6.45, 7) is 3.57. The number of hydrogen-bond acceptors (Lipinski definition) is 3. The molecule has 90 valence electrons. The van der Waals surface area contributed by atoms with Crippen LogP contribution in [0.4, 0.5) is 0 Å². The number of carbonyl (C=O) groups is 1. The van der Waals surface area contributed by atoms with Crippen LogP contribution in [0.25, 0.3) is 6.08 Å². The van der Waals surface area contributed by atoms with E-state index < -0.39 is 5.54 Å². The van der Waals surface area contributed by atoms with Gasteiger partial charge in [0.25, 0.3) is 0 Å². The summed E-state index contributed by atoms with van der Waals surface area (Å²) in [5, 5.41) is 13.5. The van der Waals surface area contributed by atoms with Gasteiger partial charge in [0.2, 0.25) is 5.91 Å². The molecule has 0 aliphatic rings. The molecule has 0 fully saturated rings. The van der Waals surface area contributed by atoms with Gasteiger partial charge in [0.15, 0.2) is 0 Å². The van der Waals surface area contributed by atoms with Gasteiger partial charge in [0.1, 0.15) is 5.54 Å². The quantitative estimate of drug-likeness (QED) is 0.867. The Kier molecular flexibility index (Phi) is 4.91. The van der Waals surface area contributed by atoms with Crippen LogP contribution in [0.15, 0.2) is 21.3 Å². The van der Waals surface area contributed by atoms with Crippen molar-refractivity contribution < 1.29 is 4.79 Å². The highest BCUT2D eigenvalue weighted by molar-refractivity contribution is 9.11. The summed E-state index contributed by atoms with van der Waals surface area (Å²) in [4.78, 5) is 11.6. The largest absolute Gasteiger partial charge is 0.334 e. The summed E-state index contributed by atoms with van der Waals surface area (Å²) in [5.74, 6) is -0.252. The molecule has 5 heteroatoms. The van der Waals surface area contributed by atoms with Crippen LogP contribution >= 0.6 is 27.3 Å². The van der Waals surface area contributed by atoms with Crippen LogP contribution in [0.2, 0.25) is 0 Å². The second-order valence-electron chi connectivity index (χ2n) is 3.80. The van der Waals surface area contributed by atoms with E-state index in [0.29, 0.717) is 6.42 Å². The second kappa shape index (κ2) is 5.99. The average Bonchev–Trinajstić information content (AvgIpc) is 2.72. The number of thiophene rings is 1. The number of nitriles is 1. The van der Waals surface area contributed by atoms with Crippen molar-refractivity contribution >= 4 is 39.2 Å². The lowest BCUT2D eigenvalue weighted by molar-refractivity contribution is -0.117. The fourth-order valence-corrected chi connectivity index (χ4v) is 2.24. The Morgan fingerprint density at radius 1 is 1.76 bits per heavy atom. The van der Waals surface area contributed by atoms with Crippen molar-refractivity contribution in [1.82, 2.24) is 5.32 Å². The predicted octanol–water partition coefficient (Wildman–Crippen LogP) is 3.33. The van der Waals surface area contributed by atoms with Gasteiger partial charge in [-0.1, -0.05) is 6.92 Å². The molecule has 3 nitrogen and oxygen atoms in total. The Morgan fingerprint density at radius 2 is 2.47 bits per heavy atom. The molecule has 0 aliphatic carbocycles. The third-order valence-corrected chi connectivity index (χ3v) is 3.89. The fourth-order valence-electron chi connectivity index (χ4n) is 1.09. The summed E-state index contributed by atoms with van der Waals surface area (Å²) in [7, 11) is 0. The van der Waals surface area contributed by atoms with Crippen LogP contribution in [0.1, 0.15) is 25.8 Å². The first-order valence-corrected chi connectivity index (χ1v) is 6.82. The van der Waals surface area contributed by atoms with E-state index in [2.05, 4.69) is 27.3 Å². The normalized spacial score (nSPS) is 14.2.